The third-order valence-electron chi connectivity index (χ3n) is 4.77. The molecule has 0 aromatic heterocycles. The molecule has 0 amide bonds. The molecule has 1 aromatic rings. The summed E-state index contributed by atoms with van der Waals surface area (Å²) >= 11 is 0. The summed E-state index contributed by atoms with van der Waals surface area (Å²) in [6.07, 6.45) is 6.84. The van der Waals surface area contributed by atoms with Crippen LogP contribution in [0, 0.1) is 6.92 Å². The molecule has 0 spiro atoms. The van der Waals surface area contributed by atoms with Crippen molar-refractivity contribution in [3.05, 3.63) is 28.3 Å². The molecule has 2 heterocycles. The van der Waals surface area contributed by atoms with Crippen molar-refractivity contribution in [1.29, 1.82) is 0 Å². The van der Waals surface area contributed by atoms with Crippen LogP contribution in [0.4, 0.5) is 5.69 Å². The van der Waals surface area contributed by atoms with Crippen molar-refractivity contribution < 1.29 is 0 Å². The van der Waals surface area contributed by atoms with Crippen molar-refractivity contribution in [2.24, 2.45) is 0 Å². The van der Waals surface area contributed by atoms with Gasteiger partial charge in [0.2, 0.25) is 0 Å². The van der Waals surface area contributed by atoms with Crippen LogP contribution >= 0.6 is 0 Å². The Morgan fingerprint density at radius 3 is 3.12 bits per heavy atom. The quantitative estimate of drug-likeness (QED) is 0.640. The summed E-state index contributed by atoms with van der Waals surface area (Å²) in [6, 6.07) is 2.48. The van der Waals surface area contributed by atoms with Crippen LogP contribution in [-0.4, -0.2) is 13.1 Å². The lowest BCUT2D eigenvalue weighted by Gasteiger charge is -2.28. The van der Waals surface area contributed by atoms with Gasteiger partial charge in [-0.1, -0.05) is 6.07 Å². The zero-order chi connectivity index (χ0) is 10.7. The average molecular weight is 213 g/mol. The fourth-order valence-corrected chi connectivity index (χ4v) is 4.15. The molecule has 1 nitrogen and oxygen atoms in total. The van der Waals surface area contributed by atoms with E-state index in [-0.39, 0.29) is 0 Å². The van der Waals surface area contributed by atoms with Crippen LogP contribution in [0.25, 0.3) is 0 Å². The number of rotatable bonds is 0. The van der Waals surface area contributed by atoms with Gasteiger partial charge in [-0.2, -0.15) is 0 Å². The number of hydrogen-bond acceptors (Lipinski definition) is 1. The molecule has 0 N–H and O–H groups in total. The highest BCUT2D eigenvalue weighted by Gasteiger charge is 2.36. The molecule has 1 heteroatoms. The van der Waals surface area contributed by atoms with Crippen molar-refractivity contribution in [2.45, 2.75) is 44.9 Å². The highest BCUT2D eigenvalue weighted by Crippen LogP contribution is 2.49. The Hall–Kier alpha value is -0.980. The Bertz CT molecular complexity index is 461. The molecule has 1 aliphatic carbocycles. The lowest BCUT2D eigenvalue weighted by atomic mass is 9.80. The largest absolute Gasteiger partial charge is 0.370 e. The number of hydrogen-bond donors (Lipinski definition) is 0. The predicted octanol–water partition coefficient (Wildman–Crippen LogP) is 3.18. The number of anilines is 1. The Labute approximate surface area is 97.5 Å². The molecule has 0 saturated heterocycles. The van der Waals surface area contributed by atoms with Gasteiger partial charge in [0, 0.05) is 24.7 Å². The van der Waals surface area contributed by atoms with Gasteiger partial charge in [-0.3, -0.25) is 0 Å². The third kappa shape index (κ3) is 1.02. The molecule has 16 heavy (non-hydrogen) atoms. The summed E-state index contributed by atoms with van der Waals surface area (Å²) < 4.78 is 0. The van der Waals surface area contributed by atoms with E-state index in [1.165, 1.54) is 45.2 Å². The molecule has 2 aliphatic heterocycles. The molecular formula is C15H19N. The van der Waals surface area contributed by atoms with Gasteiger partial charge < -0.3 is 4.90 Å². The minimum atomic E-state index is 0.871. The monoisotopic (exact) mass is 213 g/mol. The van der Waals surface area contributed by atoms with E-state index in [1.807, 2.05) is 0 Å². The highest BCUT2D eigenvalue weighted by atomic mass is 15.2. The van der Waals surface area contributed by atoms with Gasteiger partial charge in [0.15, 0.2) is 0 Å². The zero-order valence-corrected chi connectivity index (χ0v) is 10.1. The molecule has 1 aromatic carbocycles. The van der Waals surface area contributed by atoms with Crippen molar-refractivity contribution in [1.82, 2.24) is 0 Å². The lowest BCUT2D eigenvalue weighted by Crippen LogP contribution is -2.27. The Kier molecular flexibility index (Phi) is 1.72. The van der Waals surface area contributed by atoms with E-state index in [9.17, 15) is 0 Å². The summed E-state index contributed by atoms with van der Waals surface area (Å²) in [5.41, 5.74) is 8.35. The van der Waals surface area contributed by atoms with E-state index in [4.69, 9.17) is 0 Å². The van der Waals surface area contributed by atoms with Crippen LogP contribution in [0.15, 0.2) is 6.07 Å². The summed E-state index contributed by atoms with van der Waals surface area (Å²) in [5.74, 6) is 0.871. The standard InChI is InChI=1S/C15H19N/c1-10-8-11-5-3-7-16-9-12-4-2-6-13(10)14(12)15(11)16/h8,12H,2-7,9H2,1H3. The first kappa shape index (κ1) is 9.09. The normalized spacial score (nSPS) is 25.8. The molecule has 0 saturated carbocycles. The average Bonchev–Trinajstić information content (AvgIpc) is 2.67. The summed E-state index contributed by atoms with van der Waals surface area (Å²) in [5, 5.41) is 0. The first-order valence-electron chi connectivity index (χ1n) is 6.75. The van der Waals surface area contributed by atoms with Crippen molar-refractivity contribution >= 4 is 5.69 Å². The second-order valence-corrected chi connectivity index (χ2v) is 5.73. The Morgan fingerprint density at radius 1 is 1.25 bits per heavy atom. The van der Waals surface area contributed by atoms with Gasteiger partial charge in [-0.25, -0.2) is 0 Å². The fraction of sp³-hybridized carbons (Fsp3) is 0.600. The summed E-state index contributed by atoms with van der Waals surface area (Å²) in [7, 11) is 0. The maximum Gasteiger partial charge on any atom is 0.0438 e. The van der Waals surface area contributed by atoms with Crippen molar-refractivity contribution in [3.8, 4) is 0 Å². The zero-order valence-electron chi connectivity index (χ0n) is 10.1. The maximum atomic E-state index is 2.67. The van der Waals surface area contributed by atoms with Crippen LogP contribution in [0.1, 0.15) is 47.4 Å². The van der Waals surface area contributed by atoms with Crippen molar-refractivity contribution in [2.75, 3.05) is 18.0 Å². The second-order valence-electron chi connectivity index (χ2n) is 5.73. The molecule has 1 unspecified atom stereocenters. The Morgan fingerprint density at radius 2 is 2.19 bits per heavy atom. The number of aryl methyl sites for hydroxylation is 2. The fourth-order valence-electron chi connectivity index (χ4n) is 4.15. The topological polar surface area (TPSA) is 3.24 Å². The smallest absolute Gasteiger partial charge is 0.0438 e. The SMILES string of the molecule is Cc1cc2c3c4c1CCCC4CN3CCC2. The number of nitrogens with zero attached hydrogens (tertiary/aromatic N) is 1. The molecule has 3 aliphatic rings. The predicted molar refractivity (Wildman–Crippen MR) is 67.4 cm³/mol. The van der Waals surface area contributed by atoms with E-state index in [0.29, 0.717) is 0 Å². The van der Waals surface area contributed by atoms with Gasteiger partial charge in [0.1, 0.15) is 0 Å². The van der Waals surface area contributed by atoms with E-state index in [1.54, 1.807) is 27.9 Å². The Balaban J connectivity index is 2.03. The van der Waals surface area contributed by atoms with Crippen LogP contribution in [0.2, 0.25) is 0 Å². The van der Waals surface area contributed by atoms with Gasteiger partial charge in [0.25, 0.3) is 0 Å². The van der Waals surface area contributed by atoms with Gasteiger partial charge in [-0.05, 0) is 61.3 Å². The maximum absolute atomic E-state index is 2.67. The molecule has 84 valence electrons. The summed E-state index contributed by atoms with van der Waals surface area (Å²) in [4.78, 5) is 2.67. The van der Waals surface area contributed by atoms with Gasteiger partial charge in [0.05, 0.1) is 0 Å². The van der Waals surface area contributed by atoms with E-state index in [0.717, 1.165) is 5.92 Å². The van der Waals surface area contributed by atoms with E-state index >= 15 is 0 Å². The number of benzene rings is 1. The van der Waals surface area contributed by atoms with Crippen molar-refractivity contribution in [3.63, 3.8) is 0 Å². The van der Waals surface area contributed by atoms with Gasteiger partial charge >= 0.3 is 0 Å². The molecule has 0 bridgehead atoms. The second kappa shape index (κ2) is 3.03. The lowest BCUT2D eigenvalue weighted by molar-refractivity contribution is 0.568. The van der Waals surface area contributed by atoms with Crippen LogP contribution in [0.5, 0.6) is 0 Å². The van der Waals surface area contributed by atoms with Gasteiger partial charge in [-0.15, -0.1) is 0 Å². The molecule has 1 atom stereocenters. The minimum absolute atomic E-state index is 0.871. The van der Waals surface area contributed by atoms with Crippen LogP contribution in [-0.2, 0) is 12.8 Å². The minimum Gasteiger partial charge on any atom is -0.370 e. The third-order valence-corrected chi connectivity index (χ3v) is 4.77. The first-order chi connectivity index (χ1) is 7.84. The first-order valence-corrected chi connectivity index (χ1v) is 6.75. The van der Waals surface area contributed by atoms with E-state index in [2.05, 4.69) is 17.9 Å². The molecular weight excluding hydrogens is 194 g/mol. The molecule has 0 fully saturated rings. The highest BCUT2D eigenvalue weighted by molar-refractivity contribution is 5.71. The summed E-state index contributed by atoms with van der Waals surface area (Å²) in [6.45, 7) is 4.95. The molecule has 0 radical (unpaired) electrons. The van der Waals surface area contributed by atoms with Crippen LogP contribution < -0.4 is 4.90 Å². The van der Waals surface area contributed by atoms with E-state index < -0.39 is 0 Å². The molecule has 4 rings (SSSR count). The van der Waals surface area contributed by atoms with Crippen LogP contribution in [0.3, 0.4) is 0 Å².